The van der Waals surface area contributed by atoms with Crippen molar-refractivity contribution in [2.24, 2.45) is 0 Å². The predicted molar refractivity (Wildman–Crippen MR) is 66.2 cm³/mol. The summed E-state index contributed by atoms with van der Waals surface area (Å²) in [6.45, 7) is 0. The van der Waals surface area contributed by atoms with Crippen LogP contribution < -0.4 is 0 Å². The molecule has 18 heavy (non-hydrogen) atoms. The number of halogens is 1. The van der Waals surface area contributed by atoms with Gasteiger partial charge in [0, 0.05) is 6.42 Å². The van der Waals surface area contributed by atoms with Gasteiger partial charge in [0.05, 0.1) is 17.7 Å². The van der Waals surface area contributed by atoms with Gasteiger partial charge in [0.1, 0.15) is 5.82 Å². The second kappa shape index (κ2) is 5.44. The number of aliphatic hydroxyl groups is 1. The molecule has 2 aromatic carbocycles. The largest absolute Gasteiger partial charge is 0.388 e. The fourth-order valence-corrected chi connectivity index (χ4v) is 1.77. The minimum atomic E-state index is -0.769. The Bertz CT molecular complexity index is 572. The summed E-state index contributed by atoms with van der Waals surface area (Å²) in [7, 11) is 0. The summed E-state index contributed by atoms with van der Waals surface area (Å²) in [6, 6.07) is 15.0. The number of benzene rings is 2. The van der Waals surface area contributed by atoms with Gasteiger partial charge in [-0.2, -0.15) is 5.26 Å². The summed E-state index contributed by atoms with van der Waals surface area (Å²) in [6.07, 6.45) is -0.548. The molecular weight excluding hydrogens is 229 g/mol. The number of hydrogen-bond acceptors (Lipinski definition) is 2. The van der Waals surface area contributed by atoms with E-state index >= 15 is 0 Å². The highest BCUT2D eigenvalue weighted by molar-refractivity contribution is 5.33. The molecular formula is C15H12FNO. The van der Waals surface area contributed by atoms with E-state index in [4.69, 9.17) is 5.26 Å². The highest BCUT2D eigenvalue weighted by Crippen LogP contribution is 2.20. The summed E-state index contributed by atoms with van der Waals surface area (Å²) in [5.41, 5.74) is 1.70. The number of hydrogen-bond donors (Lipinski definition) is 1. The Labute approximate surface area is 105 Å². The van der Waals surface area contributed by atoms with E-state index in [1.807, 2.05) is 6.07 Å². The molecule has 0 aliphatic rings. The van der Waals surface area contributed by atoms with Crippen LogP contribution in [-0.2, 0) is 6.42 Å². The Morgan fingerprint density at radius 3 is 2.39 bits per heavy atom. The van der Waals surface area contributed by atoms with Crippen LogP contribution in [0.1, 0.15) is 22.8 Å². The molecule has 0 heterocycles. The van der Waals surface area contributed by atoms with Crippen molar-refractivity contribution in [3.8, 4) is 6.07 Å². The third kappa shape index (κ3) is 2.73. The Hall–Kier alpha value is -2.18. The van der Waals surface area contributed by atoms with E-state index in [9.17, 15) is 9.50 Å². The van der Waals surface area contributed by atoms with Crippen LogP contribution in [0, 0.1) is 17.1 Å². The lowest BCUT2D eigenvalue weighted by Gasteiger charge is -2.11. The van der Waals surface area contributed by atoms with Gasteiger partial charge in [-0.3, -0.25) is 0 Å². The fourth-order valence-electron chi connectivity index (χ4n) is 1.77. The lowest BCUT2D eigenvalue weighted by atomic mass is 10.0. The van der Waals surface area contributed by atoms with E-state index in [-0.39, 0.29) is 12.2 Å². The number of rotatable bonds is 3. The van der Waals surface area contributed by atoms with Crippen molar-refractivity contribution < 1.29 is 9.50 Å². The van der Waals surface area contributed by atoms with Gasteiger partial charge in [-0.25, -0.2) is 4.39 Å². The SMILES string of the molecule is N#Cc1ccc(C(O)Cc2ccccc2F)cc1. The normalized spacial score (nSPS) is 11.8. The molecule has 0 aliphatic heterocycles. The van der Waals surface area contributed by atoms with Gasteiger partial charge in [0.15, 0.2) is 0 Å². The van der Waals surface area contributed by atoms with E-state index in [2.05, 4.69) is 0 Å². The van der Waals surface area contributed by atoms with E-state index in [0.29, 0.717) is 16.7 Å². The smallest absolute Gasteiger partial charge is 0.126 e. The Morgan fingerprint density at radius 1 is 1.11 bits per heavy atom. The minimum absolute atomic E-state index is 0.221. The Balaban J connectivity index is 2.15. The molecule has 2 nitrogen and oxygen atoms in total. The lowest BCUT2D eigenvalue weighted by molar-refractivity contribution is 0.177. The van der Waals surface area contributed by atoms with Crippen molar-refractivity contribution in [1.82, 2.24) is 0 Å². The summed E-state index contributed by atoms with van der Waals surface area (Å²) in [4.78, 5) is 0. The maximum atomic E-state index is 13.4. The maximum absolute atomic E-state index is 13.4. The summed E-state index contributed by atoms with van der Waals surface area (Å²) in [5, 5.41) is 18.7. The highest BCUT2D eigenvalue weighted by Gasteiger charge is 2.11. The molecule has 0 fully saturated rings. The van der Waals surface area contributed by atoms with Crippen molar-refractivity contribution in [3.63, 3.8) is 0 Å². The van der Waals surface area contributed by atoms with Gasteiger partial charge < -0.3 is 5.11 Å². The fraction of sp³-hybridized carbons (Fsp3) is 0.133. The van der Waals surface area contributed by atoms with Gasteiger partial charge >= 0.3 is 0 Å². The molecule has 2 aromatic rings. The van der Waals surface area contributed by atoms with E-state index in [1.54, 1.807) is 42.5 Å². The molecule has 3 heteroatoms. The van der Waals surface area contributed by atoms with Crippen molar-refractivity contribution in [3.05, 3.63) is 71.0 Å². The van der Waals surface area contributed by atoms with Crippen molar-refractivity contribution in [1.29, 1.82) is 5.26 Å². The highest BCUT2D eigenvalue weighted by atomic mass is 19.1. The predicted octanol–water partition coefficient (Wildman–Crippen LogP) is 2.97. The zero-order chi connectivity index (χ0) is 13.0. The van der Waals surface area contributed by atoms with E-state index in [0.717, 1.165) is 0 Å². The Kier molecular flexibility index (Phi) is 3.71. The molecule has 0 saturated heterocycles. The van der Waals surface area contributed by atoms with Crippen LogP contribution in [0.5, 0.6) is 0 Å². The molecule has 0 bridgehead atoms. The van der Waals surface area contributed by atoms with Crippen molar-refractivity contribution in [2.75, 3.05) is 0 Å². The van der Waals surface area contributed by atoms with Crippen LogP contribution in [0.3, 0.4) is 0 Å². The molecule has 1 unspecified atom stereocenters. The lowest BCUT2D eigenvalue weighted by Crippen LogP contribution is -2.03. The summed E-state index contributed by atoms with van der Waals surface area (Å²) < 4.78 is 13.4. The average molecular weight is 241 g/mol. The first-order valence-electron chi connectivity index (χ1n) is 5.62. The summed E-state index contributed by atoms with van der Waals surface area (Å²) in [5.74, 6) is -0.315. The van der Waals surface area contributed by atoms with Crippen LogP contribution in [0.4, 0.5) is 4.39 Å². The maximum Gasteiger partial charge on any atom is 0.126 e. The first kappa shape index (κ1) is 12.3. The third-order valence-electron chi connectivity index (χ3n) is 2.80. The van der Waals surface area contributed by atoms with Crippen LogP contribution >= 0.6 is 0 Å². The topological polar surface area (TPSA) is 44.0 Å². The molecule has 0 spiro atoms. The van der Waals surface area contributed by atoms with Gasteiger partial charge in [-0.1, -0.05) is 30.3 Å². The first-order chi connectivity index (χ1) is 8.70. The Morgan fingerprint density at radius 2 is 1.78 bits per heavy atom. The van der Waals surface area contributed by atoms with E-state index < -0.39 is 6.10 Å². The number of nitriles is 1. The van der Waals surface area contributed by atoms with Crippen molar-refractivity contribution >= 4 is 0 Å². The number of aliphatic hydroxyl groups excluding tert-OH is 1. The molecule has 0 aliphatic carbocycles. The van der Waals surface area contributed by atoms with E-state index in [1.165, 1.54) is 6.07 Å². The van der Waals surface area contributed by atoms with Crippen molar-refractivity contribution in [2.45, 2.75) is 12.5 Å². The zero-order valence-electron chi connectivity index (χ0n) is 9.68. The van der Waals surface area contributed by atoms with Crippen LogP contribution in [0.2, 0.25) is 0 Å². The molecule has 0 saturated carbocycles. The van der Waals surface area contributed by atoms with Crippen LogP contribution in [0.25, 0.3) is 0 Å². The molecule has 0 radical (unpaired) electrons. The molecule has 0 amide bonds. The zero-order valence-corrected chi connectivity index (χ0v) is 9.68. The number of nitrogens with zero attached hydrogens (tertiary/aromatic N) is 1. The second-order valence-corrected chi connectivity index (χ2v) is 4.05. The third-order valence-corrected chi connectivity index (χ3v) is 2.80. The average Bonchev–Trinajstić information content (AvgIpc) is 2.41. The van der Waals surface area contributed by atoms with Gasteiger partial charge in [0.2, 0.25) is 0 Å². The second-order valence-electron chi connectivity index (χ2n) is 4.05. The van der Waals surface area contributed by atoms with Gasteiger partial charge in [0.25, 0.3) is 0 Å². The van der Waals surface area contributed by atoms with Crippen LogP contribution in [0.15, 0.2) is 48.5 Å². The minimum Gasteiger partial charge on any atom is -0.388 e. The molecule has 2 rings (SSSR count). The van der Waals surface area contributed by atoms with Crippen LogP contribution in [-0.4, -0.2) is 5.11 Å². The summed E-state index contributed by atoms with van der Waals surface area (Å²) >= 11 is 0. The first-order valence-corrected chi connectivity index (χ1v) is 5.62. The molecule has 0 aromatic heterocycles. The van der Waals surface area contributed by atoms with Gasteiger partial charge in [-0.05, 0) is 29.3 Å². The molecule has 1 N–H and O–H groups in total. The molecule has 1 atom stereocenters. The quantitative estimate of drug-likeness (QED) is 0.897. The standard InChI is InChI=1S/C15H12FNO/c16-14-4-2-1-3-13(14)9-15(18)12-7-5-11(10-17)6-8-12/h1-8,15,18H,9H2. The van der Waals surface area contributed by atoms with Gasteiger partial charge in [-0.15, -0.1) is 0 Å². The monoisotopic (exact) mass is 241 g/mol. The molecule has 90 valence electrons.